The molecule has 0 aliphatic carbocycles. The van der Waals surface area contributed by atoms with Crippen LogP contribution in [-0.4, -0.2) is 25.7 Å². The molecule has 23 heavy (non-hydrogen) atoms. The maximum atomic E-state index is 5.49. The Kier molecular flexibility index (Phi) is 3.58. The number of hydrogen-bond acceptors (Lipinski definition) is 5. The Hall–Kier alpha value is -2.27. The SMILES string of the molecule is COc1cc(OC)c2nc(N3CCCc4ccccc43)sc2c1. The molecule has 0 spiro atoms. The number of nitrogens with zero attached hydrogens (tertiary/aromatic N) is 2. The molecule has 0 bridgehead atoms. The number of aryl methyl sites for hydroxylation is 1. The number of hydrogen-bond donors (Lipinski definition) is 0. The van der Waals surface area contributed by atoms with E-state index in [1.807, 2.05) is 12.1 Å². The highest BCUT2D eigenvalue weighted by Crippen LogP contribution is 2.41. The summed E-state index contributed by atoms with van der Waals surface area (Å²) in [4.78, 5) is 7.16. The number of anilines is 2. The van der Waals surface area contributed by atoms with Gasteiger partial charge in [-0.2, -0.15) is 0 Å². The van der Waals surface area contributed by atoms with E-state index in [1.54, 1.807) is 25.6 Å². The molecule has 0 saturated heterocycles. The minimum absolute atomic E-state index is 0.757. The molecule has 0 unspecified atom stereocenters. The number of benzene rings is 2. The summed E-state index contributed by atoms with van der Waals surface area (Å²) in [6, 6.07) is 12.5. The predicted molar refractivity (Wildman–Crippen MR) is 94.5 cm³/mol. The van der Waals surface area contributed by atoms with E-state index in [2.05, 4.69) is 29.2 Å². The zero-order valence-electron chi connectivity index (χ0n) is 13.2. The molecule has 1 aromatic heterocycles. The van der Waals surface area contributed by atoms with Gasteiger partial charge in [0, 0.05) is 18.3 Å². The molecule has 0 atom stereocenters. The molecule has 3 aromatic rings. The van der Waals surface area contributed by atoms with Crippen molar-refractivity contribution in [1.82, 2.24) is 4.98 Å². The third-order valence-corrected chi connectivity index (χ3v) is 5.24. The van der Waals surface area contributed by atoms with Gasteiger partial charge in [-0.05, 0) is 30.5 Å². The number of rotatable bonds is 3. The summed E-state index contributed by atoms with van der Waals surface area (Å²) in [5.74, 6) is 1.55. The molecule has 5 heteroatoms. The first-order chi connectivity index (χ1) is 11.3. The molecule has 0 N–H and O–H groups in total. The summed E-state index contributed by atoms with van der Waals surface area (Å²) >= 11 is 1.68. The van der Waals surface area contributed by atoms with Crippen LogP contribution in [0.1, 0.15) is 12.0 Å². The summed E-state index contributed by atoms with van der Waals surface area (Å²) in [7, 11) is 3.34. The maximum Gasteiger partial charge on any atom is 0.191 e. The van der Waals surface area contributed by atoms with Gasteiger partial charge in [0.2, 0.25) is 0 Å². The Morgan fingerprint density at radius 1 is 1.13 bits per heavy atom. The maximum absolute atomic E-state index is 5.49. The van der Waals surface area contributed by atoms with Gasteiger partial charge in [-0.3, -0.25) is 0 Å². The zero-order valence-corrected chi connectivity index (χ0v) is 14.0. The molecular weight excluding hydrogens is 308 g/mol. The van der Waals surface area contributed by atoms with Gasteiger partial charge >= 0.3 is 0 Å². The molecule has 0 fully saturated rings. The van der Waals surface area contributed by atoms with Crippen molar-refractivity contribution in [3.05, 3.63) is 42.0 Å². The molecule has 4 nitrogen and oxygen atoms in total. The van der Waals surface area contributed by atoms with E-state index < -0.39 is 0 Å². The molecule has 2 aromatic carbocycles. The van der Waals surface area contributed by atoms with Crippen LogP contribution in [0.5, 0.6) is 11.5 Å². The monoisotopic (exact) mass is 326 g/mol. The first-order valence-corrected chi connectivity index (χ1v) is 8.50. The van der Waals surface area contributed by atoms with E-state index in [4.69, 9.17) is 14.5 Å². The lowest BCUT2D eigenvalue weighted by Gasteiger charge is -2.28. The molecule has 0 radical (unpaired) electrons. The average Bonchev–Trinajstić information content (AvgIpc) is 3.04. The minimum atomic E-state index is 0.757. The zero-order chi connectivity index (χ0) is 15.8. The van der Waals surface area contributed by atoms with Crippen molar-refractivity contribution in [1.29, 1.82) is 0 Å². The summed E-state index contributed by atoms with van der Waals surface area (Å²) in [5.41, 5.74) is 3.56. The van der Waals surface area contributed by atoms with Gasteiger partial charge in [0.1, 0.15) is 17.0 Å². The van der Waals surface area contributed by atoms with Crippen molar-refractivity contribution < 1.29 is 9.47 Å². The van der Waals surface area contributed by atoms with Gasteiger partial charge in [-0.25, -0.2) is 4.98 Å². The number of methoxy groups -OCH3 is 2. The first-order valence-electron chi connectivity index (χ1n) is 7.68. The number of para-hydroxylation sites is 1. The largest absolute Gasteiger partial charge is 0.497 e. The summed E-state index contributed by atoms with van der Waals surface area (Å²) < 4.78 is 11.9. The van der Waals surface area contributed by atoms with Crippen molar-refractivity contribution >= 4 is 32.4 Å². The number of thiazole rings is 1. The smallest absolute Gasteiger partial charge is 0.191 e. The topological polar surface area (TPSA) is 34.6 Å². The second-order valence-corrected chi connectivity index (χ2v) is 6.57. The van der Waals surface area contributed by atoms with E-state index in [-0.39, 0.29) is 0 Å². The summed E-state index contributed by atoms with van der Waals surface area (Å²) in [6.07, 6.45) is 2.28. The lowest BCUT2D eigenvalue weighted by Crippen LogP contribution is -2.24. The Morgan fingerprint density at radius 2 is 2.00 bits per heavy atom. The van der Waals surface area contributed by atoms with Gasteiger partial charge in [0.15, 0.2) is 5.13 Å². The Morgan fingerprint density at radius 3 is 2.83 bits per heavy atom. The van der Waals surface area contributed by atoms with Gasteiger partial charge < -0.3 is 14.4 Å². The van der Waals surface area contributed by atoms with Crippen LogP contribution in [-0.2, 0) is 6.42 Å². The number of fused-ring (bicyclic) bond motifs is 2. The van der Waals surface area contributed by atoms with Gasteiger partial charge in [0.25, 0.3) is 0 Å². The Labute approximate surface area is 139 Å². The van der Waals surface area contributed by atoms with Crippen LogP contribution in [0.3, 0.4) is 0 Å². The molecule has 0 amide bonds. The van der Waals surface area contributed by atoms with E-state index in [0.29, 0.717) is 0 Å². The molecule has 0 saturated carbocycles. The van der Waals surface area contributed by atoms with Crippen LogP contribution in [0.4, 0.5) is 10.8 Å². The van der Waals surface area contributed by atoms with Gasteiger partial charge in [-0.15, -0.1) is 0 Å². The highest BCUT2D eigenvalue weighted by atomic mass is 32.1. The van der Waals surface area contributed by atoms with Crippen LogP contribution >= 0.6 is 11.3 Å². The summed E-state index contributed by atoms with van der Waals surface area (Å²) in [5, 5.41) is 1.01. The number of ether oxygens (including phenoxy) is 2. The van der Waals surface area contributed by atoms with E-state index in [0.717, 1.165) is 46.2 Å². The van der Waals surface area contributed by atoms with Crippen LogP contribution in [0.15, 0.2) is 36.4 Å². The Bertz CT molecular complexity index is 859. The second-order valence-electron chi connectivity index (χ2n) is 5.56. The van der Waals surface area contributed by atoms with Crippen LogP contribution in [0.25, 0.3) is 10.2 Å². The minimum Gasteiger partial charge on any atom is -0.497 e. The highest BCUT2D eigenvalue weighted by Gasteiger charge is 2.22. The fourth-order valence-corrected chi connectivity index (χ4v) is 4.14. The Balaban J connectivity index is 1.84. The fraction of sp³-hybridized carbons (Fsp3) is 0.278. The summed E-state index contributed by atoms with van der Waals surface area (Å²) in [6.45, 7) is 0.996. The molecule has 118 valence electrons. The fourth-order valence-electron chi connectivity index (χ4n) is 3.08. The molecule has 1 aliphatic heterocycles. The van der Waals surface area contributed by atoms with Gasteiger partial charge in [0.05, 0.1) is 18.9 Å². The first kappa shape index (κ1) is 14.3. The standard InChI is InChI=1S/C18H18N2O2S/c1-21-13-10-15(22-2)17-16(11-13)23-18(19-17)20-9-5-7-12-6-3-4-8-14(12)20/h3-4,6,8,10-11H,5,7,9H2,1-2H3. The van der Waals surface area contributed by atoms with Crippen LogP contribution < -0.4 is 14.4 Å². The number of aromatic nitrogens is 1. The van der Waals surface area contributed by atoms with Crippen LogP contribution in [0.2, 0.25) is 0 Å². The average molecular weight is 326 g/mol. The third-order valence-electron chi connectivity index (χ3n) is 4.22. The third kappa shape index (κ3) is 2.41. The van der Waals surface area contributed by atoms with E-state index in [9.17, 15) is 0 Å². The van der Waals surface area contributed by atoms with Gasteiger partial charge in [-0.1, -0.05) is 29.5 Å². The quantitative estimate of drug-likeness (QED) is 0.714. The van der Waals surface area contributed by atoms with Crippen molar-refractivity contribution in [3.63, 3.8) is 0 Å². The van der Waals surface area contributed by atoms with Crippen molar-refractivity contribution in [2.24, 2.45) is 0 Å². The second kappa shape index (κ2) is 5.74. The van der Waals surface area contributed by atoms with Crippen molar-refractivity contribution in [2.45, 2.75) is 12.8 Å². The lowest BCUT2D eigenvalue weighted by molar-refractivity contribution is 0.397. The van der Waals surface area contributed by atoms with E-state index >= 15 is 0 Å². The molecule has 2 heterocycles. The lowest BCUT2D eigenvalue weighted by atomic mass is 10.0. The van der Waals surface area contributed by atoms with Crippen LogP contribution in [0, 0.1) is 0 Å². The molecule has 1 aliphatic rings. The predicted octanol–water partition coefficient (Wildman–Crippen LogP) is 4.40. The van der Waals surface area contributed by atoms with Crippen molar-refractivity contribution in [2.75, 3.05) is 25.7 Å². The van der Waals surface area contributed by atoms with E-state index in [1.165, 1.54) is 11.3 Å². The normalized spacial score (nSPS) is 13.9. The molecular formula is C18H18N2O2S. The van der Waals surface area contributed by atoms with Crippen molar-refractivity contribution in [3.8, 4) is 11.5 Å². The molecule has 4 rings (SSSR count). The highest BCUT2D eigenvalue weighted by molar-refractivity contribution is 7.22.